The molecule has 0 aliphatic carbocycles. The van der Waals surface area contributed by atoms with Crippen LogP contribution in [0.1, 0.15) is 16.3 Å². The van der Waals surface area contributed by atoms with E-state index in [4.69, 9.17) is 0 Å². The summed E-state index contributed by atoms with van der Waals surface area (Å²) in [6.45, 7) is 1.13. The van der Waals surface area contributed by atoms with Gasteiger partial charge in [-0.05, 0) is 35.6 Å². The van der Waals surface area contributed by atoms with Gasteiger partial charge in [-0.25, -0.2) is 0 Å². The van der Waals surface area contributed by atoms with Crippen LogP contribution >= 0.6 is 11.3 Å². The third-order valence-corrected chi connectivity index (χ3v) is 5.12. The van der Waals surface area contributed by atoms with Crippen molar-refractivity contribution in [3.8, 4) is 0 Å². The number of alkyl halides is 3. The Morgan fingerprint density at radius 3 is 2.92 bits per heavy atom. The molecule has 0 saturated heterocycles. The first-order valence-electron chi connectivity index (χ1n) is 7.78. The molecule has 0 unspecified atom stereocenters. The number of nitrogens with zero attached hydrogens (tertiary/aromatic N) is 5. The minimum atomic E-state index is -4.66. The number of thiophene rings is 1. The van der Waals surface area contributed by atoms with Gasteiger partial charge in [-0.15, -0.1) is 26.6 Å². The highest BCUT2D eigenvalue weighted by molar-refractivity contribution is 7.10. The van der Waals surface area contributed by atoms with Crippen LogP contribution in [0.2, 0.25) is 0 Å². The maximum atomic E-state index is 12.9. The van der Waals surface area contributed by atoms with Crippen LogP contribution in [-0.2, 0) is 23.9 Å². The number of aromatic nitrogens is 4. The molecule has 26 heavy (non-hydrogen) atoms. The quantitative estimate of drug-likeness (QED) is 0.752. The van der Waals surface area contributed by atoms with Gasteiger partial charge in [0.05, 0.1) is 6.54 Å². The molecule has 0 saturated carbocycles. The highest BCUT2D eigenvalue weighted by Gasteiger charge is 2.37. The van der Waals surface area contributed by atoms with Crippen molar-refractivity contribution >= 4 is 28.7 Å². The number of halogens is 3. The lowest BCUT2D eigenvalue weighted by Crippen LogP contribution is -2.38. The number of carbonyl (C=O) groups excluding carboxylic acids is 1. The molecule has 4 rings (SSSR count). The predicted molar refractivity (Wildman–Crippen MR) is 87.7 cm³/mol. The number of hydrogen-bond donors (Lipinski definition) is 1. The van der Waals surface area contributed by atoms with E-state index in [0.29, 0.717) is 17.6 Å². The van der Waals surface area contributed by atoms with Crippen LogP contribution in [0.15, 0.2) is 23.6 Å². The van der Waals surface area contributed by atoms with Crippen LogP contribution in [0, 0.1) is 0 Å². The topological polar surface area (TPSA) is 75.4 Å². The summed E-state index contributed by atoms with van der Waals surface area (Å²) in [6, 6.07) is 4.83. The summed E-state index contributed by atoms with van der Waals surface area (Å²) >= 11 is 1.68. The zero-order valence-corrected chi connectivity index (χ0v) is 14.1. The van der Waals surface area contributed by atoms with Gasteiger partial charge in [0.15, 0.2) is 5.65 Å². The summed E-state index contributed by atoms with van der Waals surface area (Å²) in [5.41, 5.74) is 1.13. The largest absolute Gasteiger partial charge is 0.453 e. The summed E-state index contributed by atoms with van der Waals surface area (Å²) in [4.78, 5) is 15.4. The highest BCUT2D eigenvalue weighted by Crippen LogP contribution is 2.27. The smallest absolute Gasteiger partial charge is 0.360 e. The first kappa shape index (κ1) is 16.8. The second-order valence-corrected chi connectivity index (χ2v) is 6.80. The maximum Gasteiger partial charge on any atom is 0.453 e. The van der Waals surface area contributed by atoms with Crippen molar-refractivity contribution in [1.29, 1.82) is 0 Å². The zero-order chi connectivity index (χ0) is 18.3. The molecule has 1 N–H and O–H groups in total. The van der Waals surface area contributed by atoms with Crippen molar-refractivity contribution in [3.05, 3.63) is 39.8 Å². The Morgan fingerprint density at radius 2 is 2.12 bits per heavy atom. The second-order valence-electron chi connectivity index (χ2n) is 5.80. The molecular formula is C15H13F3N6OS. The first-order valence-corrected chi connectivity index (χ1v) is 8.66. The van der Waals surface area contributed by atoms with E-state index in [1.807, 2.05) is 11.4 Å². The molecule has 1 amide bonds. The van der Waals surface area contributed by atoms with Gasteiger partial charge in [0, 0.05) is 18.0 Å². The van der Waals surface area contributed by atoms with Crippen LogP contribution in [0.25, 0.3) is 5.65 Å². The van der Waals surface area contributed by atoms with Gasteiger partial charge >= 0.3 is 6.18 Å². The van der Waals surface area contributed by atoms with E-state index < -0.39 is 12.0 Å². The van der Waals surface area contributed by atoms with Crippen molar-refractivity contribution < 1.29 is 18.0 Å². The second kappa shape index (κ2) is 6.24. The number of hydrogen-bond acceptors (Lipinski definition) is 6. The van der Waals surface area contributed by atoms with E-state index >= 15 is 0 Å². The monoisotopic (exact) mass is 382 g/mol. The Hall–Kier alpha value is -2.69. The molecule has 136 valence electrons. The molecule has 3 aromatic heterocycles. The molecule has 0 bridgehead atoms. The maximum absolute atomic E-state index is 12.9. The Kier molecular flexibility index (Phi) is 4.02. The fourth-order valence-electron chi connectivity index (χ4n) is 2.80. The Bertz CT molecular complexity index is 966. The van der Waals surface area contributed by atoms with E-state index in [9.17, 15) is 18.0 Å². The fraction of sp³-hybridized carbons (Fsp3) is 0.333. The number of amides is 1. The SMILES string of the molecule is O=C(CNc1ccc2nnc(C(F)(F)F)n2n1)N1CCc2sccc2C1. The average molecular weight is 382 g/mol. The molecular weight excluding hydrogens is 369 g/mol. The molecule has 7 nitrogen and oxygen atoms in total. The van der Waals surface area contributed by atoms with Crippen LogP contribution in [-0.4, -0.2) is 43.7 Å². The van der Waals surface area contributed by atoms with Gasteiger partial charge in [-0.2, -0.15) is 17.7 Å². The lowest BCUT2D eigenvalue weighted by molar-refractivity contribution is -0.146. The van der Waals surface area contributed by atoms with E-state index in [1.54, 1.807) is 16.2 Å². The summed E-state index contributed by atoms with van der Waals surface area (Å²) in [7, 11) is 0. The summed E-state index contributed by atoms with van der Waals surface area (Å²) in [5, 5.41) is 15.2. The molecule has 4 heterocycles. The van der Waals surface area contributed by atoms with Gasteiger partial charge in [0.25, 0.3) is 5.82 Å². The van der Waals surface area contributed by atoms with Crippen molar-refractivity contribution in [2.75, 3.05) is 18.4 Å². The van der Waals surface area contributed by atoms with Crippen LogP contribution in [0.4, 0.5) is 19.0 Å². The summed E-state index contributed by atoms with van der Waals surface area (Å²) in [5.74, 6) is -1.20. The van der Waals surface area contributed by atoms with Crippen LogP contribution in [0.3, 0.4) is 0 Å². The number of fused-ring (bicyclic) bond motifs is 2. The number of rotatable bonds is 3. The van der Waals surface area contributed by atoms with Gasteiger partial charge in [-0.1, -0.05) is 0 Å². The van der Waals surface area contributed by atoms with Crippen molar-refractivity contribution in [2.24, 2.45) is 0 Å². The summed E-state index contributed by atoms with van der Waals surface area (Å²) < 4.78 is 39.3. The van der Waals surface area contributed by atoms with Gasteiger partial charge < -0.3 is 10.2 Å². The predicted octanol–water partition coefficient (Wildman–Crippen LogP) is 2.20. The molecule has 0 fully saturated rings. The number of nitrogens with one attached hydrogen (secondary N) is 1. The Balaban J connectivity index is 1.45. The van der Waals surface area contributed by atoms with Crippen LogP contribution < -0.4 is 5.32 Å². The third-order valence-electron chi connectivity index (χ3n) is 4.10. The van der Waals surface area contributed by atoms with Gasteiger partial charge in [0.1, 0.15) is 5.82 Å². The number of anilines is 1. The Morgan fingerprint density at radius 1 is 1.27 bits per heavy atom. The Labute approximate surface area is 149 Å². The number of carbonyl (C=O) groups is 1. The van der Waals surface area contributed by atoms with Crippen molar-refractivity contribution in [3.63, 3.8) is 0 Å². The highest BCUT2D eigenvalue weighted by atomic mass is 32.1. The zero-order valence-electron chi connectivity index (χ0n) is 13.3. The molecule has 3 aromatic rings. The van der Waals surface area contributed by atoms with Gasteiger partial charge in [0.2, 0.25) is 5.91 Å². The fourth-order valence-corrected chi connectivity index (χ4v) is 3.69. The molecule has 0 aromatic carbocycles. The van der Waals surface area contributed by atoms with E-state index in [2.05, 4.69) is 20.6 Å². The first-order chi connectivity index (χ1) is 12.4. The standard InChI is InChI=1S/C15H13F3N6OS/c16-15(17,18)14-21-20-12-2-1-11(22-24(12)14)19-7-13(25)23-5-3-10-9(8-23)4-6-26-10/h1-2,4,6H,3,5,7-8H2,(H,19,22). The summed E-state index contributed by atoms with van der Waals surface area (Å²) in [6.07, 6.45) is -3.84. The lowest BCUT2D eigenvalue weighted by Gasteiger charge is -2.27. The van der Waals surface area contributed by atoms with Crippen LogP contribution in [0.5, 0.6) is 0 Å². The molecule has 0 atom stereocenters. The molecule has 1 aliphatic heterocycles. The normalized spacial score (nSPS) is 14.5. The third kappa shape index (κ3) is 3.09. The van der Waals surface area contributed by atoms with Gasteiger partial charge in [-0.3, -0.25) is 4.79 Å². The average Bonchev–Trinajstić information content (AvgIpc) is 3.24. The lowest BCUT2D eigenvalue weighted by atomic mass is 10.1. The molecule has 11 heteroatoms. The van der Waals surface area contributed by atoms with E-state index in [-0.39, 0.29) is 23.9 Å². The minimum Gasteiger partial charge on any atom is -0.360 e. The molecule has 0 spiro atoms. The van der Waals surface area contributed by atoms with E-state index in [0.717, 1.165) is 12.0 Å². The van der Waals surface area contributed by atoms with Crippen molar-refractivity contribution in [2.45, 2.75) is 19.1 Å². The van der Waals surface area contributed by atoms with Crippen molar-refractivity contribution in [1.82, 2.24) is 24.7 Å². The minimum absolute atomic E-state index is 0.0183. The molecule has 1 aliphatic rings. The van der Waals surface area contributed by atoms with E-state index in [1.165, 1.54) is 17.0 Å². The molecule has 0 radical (unpaired) electrons.